The zero-order chi connectivity index (χ0) is 13.0. The van der Waals surface area contributed by atoms with E-state index in [-0.39, 0.29) is 29.0 Å². The molecule has 1 amide bonds. The largest absolute Gasteiger partial charge is 0.508 e. The van der Waals surface area contributed by atoms with Crippen molar-refractivity contribution in [2.45, 2.75) is 19.4 Å². The summed E-state index contributed by atoms with van der Waals surface area (Å²) in [4.78, 5) is 13.5. The molecule has 0 heterocycles. The Morgan fingerprint density at radius 3 is 2.71 bits per heavy atom. The van der Waals surface area contributed by atoms with Crippen LogP contribution in [-0.2, 0) is 0 Å². The fourth-order valence-corrected chi connectivity index (χ4v) is 1.52. The van der Waals surface area contributed by atoms with Gasteiger partial charge in [0.05, 0.1) is 5.56 Å². The summed E-state index contributed by atoms with van der Waals surface area (Å²) in [6.07, 6.45) is 0.682. The molecule has 5 nitrogen and oxygen atoms in total. The number of aromatic hydroxyl groups is 2. The third kappa shape index (κ3) is 3.10. The molecular formula is C12H18N2O3. The number of rotatable bonds is 4. The minimum absolute atomic E-state index is 0.0192. The van der Waals surface area contributed by atoms with Crippen LogP contribution in [0, 0.1) is 0 Å². The lowest BCUT2D eigenvalue weighted by Gasteiger charge is -2.24. The van der Waals surface area contributed by atoms with Gasteiger partial charge in [-0.3, -0.25) is 4.79 Å². The van der Waals surface area contributed by atoms with E-state index >= 15 is 0 Å². The van der Waals surface area contributed by atoms with Crippen LogP contribution in [0.3, 0.4) is 0 Å². The van der Waals surface area contributed by atoms with Gasteiger partial charge in [-0.15, -0.1) is 0 Å². The summed E-state index contributed by atoms with van der Waals surface area (Å²) in [6, 6.07) is 3.86. The summed E-state index contributed by atoms with van der Waals surface area (Å²) in [5.74, 6) is -0.523. The van der Waals surface area contributed by atoms with Gasteiger partial charge in [0.15, 0.2) is 0 Å². The van der Waals surface area contributed by atoms with E-state index in [1.165, 1.54) is 23.1 Å². The molecule has 1 rings (SSSR count). The molecule has 4 N–H and O–H groups in total. The molecular weight excluding hydrogens is 220 g/mol. The van der Waals surface area contributed by atoms with Crippen molar-refractivity contribution < 1.29 is 15.0 Å². The first kappa shape index (κ1) is 13.3. The minimum atomic E-state index is -0.334. The molecule has 94 valence electrons. The maximum atomic E-state index is 12.0. The summed E-state index contributed by atoms with van der Waals surface area (Å²) in [5, 5.41) is 18.9. The lowest BCUT2D eigenvalue weighted by Crippen LogP contribution is -2.36. The Labute approximate surface area is 100 Å². The van der Waals surface area contributed by atoms with Crippen LogP contribution < -0.4 is 5.73 Å². The smallest absolute Gasteiger partial charge is 0.257 e. The molecule has 1 aromatic carbocycles. The Balaban J connectivity index is 2.92. The van der Waals surface area contributed by atoms with Crippen LogP contribution >= 0.6 is 0 Å². The normalized spacial score (nSPS) is 12.2. The predicted octanol–water partition coefficient (Wildman–Crippen LogP) is 0.907. The minimum Gasteiger partial charge on any atom is -0.508 e. The van der Waals surface area contributed by atoms with Crippen LogP contribution in [-0.4, -0.2) is 40.7 Å². The van der Waals surface area contributed by atoms with E-state index < -0.39 is 0 Å². The molecule has 0 saturated heterocycles. The predicted molar refractivity (Wildman–Crippen MR) is 65.0 cm³/mol. The van der Waals surface area contributed by atoms with Crippen LogP contribution in [0.4, 0.5) is 0 Å². The standard InChI is InChI=1S/C12H18N2O3/c1-8(5-6-13)14(2)12(17)10-7-9(15)3-4-11(10)16/h3-4,7-8,15-16H,5-6,13H2,1-2H3. The van der Waals surface area contributed by atoms with Gasteiger partial charge in [-0.1, -0.05) is 0 Å². The molecule has 0 fully saturated rings. The summed E-state index contributed by atoms with van der Waals surface area (Å²) >= 11 is 0. The summed E-state index contributed by atoms with van der Waals surface area (Å²) < 4.78 is 0. The van der Waals surface area contributed by atoms with E-state index in [1.54, 1.807) is 7.05 Å². The van der Waals surface area contributed by atoms with Gasteiger partial charge in [-0.05, 0) is 38.1 Å². The number of nitrogens with zero attached hydrogens (tertiary/aromatic N) is 1. The zero-order valence-electron chi connectivity index (χ0n) is 10.1. The number of amides is 1. The van der Waals surface area contributed by atoms with Crippen molar-refractivity contribution in [1.29, 1.82) is 0 Å². The number of carbonyl (C=O) groups is 1. The molecule has 5 heteroatoms. The van der Waals surface area contributed by atoms with E-state index in [4.69, 9.17) is 5.73 Å². The highest BCUT2D eigenvalue weighted by Crippen LogP contribution is 2.23. The summed E-state index contributed by atoms with van der Waals surface area (Å²) in [7, 11) is 1.64. The molecule has 17 heavy (non-hydrogen) atoms. The van der Waals surface area contributed by atoms with Crippen molar-refractivity contribution in [2.75, 3.05) is 13.6 Å². The lowest BCUT2D eigenvalue weighted by molar-refractivity contribution is 0.0735. The number of carbonyl (C=O) groups excluding carboxylic acids is 1. The van der Waals surface area contributed by atoms with E-state index in [2.05, 4.69) is 0 Å². The number of phenolic OH excluding ortho intramolecular Hbond substituents is 2. The average molecular weight is 238 g/mol. The van der Waals surface area contributed by atoms with Crippen molar-refractivity contribution in [1.82, 2.24) is 4.90 Å². The van der Waals surface area contributed by atoms with Gasteiger partial charge in [-0.25, -0.2) is 0 Å². The van der Waals surface area contributed by atoms with Gasteiger partial charge in [0.1, 0.15) is 11.5 Å². The fourth-order valence-electron chi connectivity index (χ4n) is 1.52. The first-order valence-corrected chi connectivity index (χ1v) is 5.46. The Morgan fingerprint density at radius 2 is 2.12 bits per heavy atom. The SMILES string of the molecule is CC(CCN)N(C)C(=O)c1cc(O)ccc1O. The molecule has 0 spiro atoms. The molecule has 0 aliphatic carbocycles. The second-order valence-electron chi connectivity index (χ2n) is 4.04. The van der Waals surface area contributed by atoms with E-state index in [0.717, 1.165) is 0 Å². The van der Waals surface area contributed by atoms with Crippen LogP contribution in [0.2, 0.25) is 0 Å². The second kappa shape index (κ2) is 5.54. The second-order valence-corrected chi connectivity index (χ2v) is 4.04. The van der Waals surface area contributed by atoms with Gasteiger partial charge in [0.2, 0.25) is 0 Å². The van der Waals surface area contributed by atoms with Crippen LogP contribution in [0.15, 0.2) is 18.2 Å². The molecule has 0 aliphatic rings. The average Bonchev–Trinajstić information content (AvgIpc) is 2.30. The highest BCUT2D eigenvalue weighted by molar-refractivity contribution is 5.97. The van der Waals surface area contributed by atoms with Crippen LogP contribution in [0.25, 0.3) is 0 Å². The number of hydrogen-bond donors (Lipinski definition) is 3. The maximum Gasteiger partial charge on any atom is 0.257 e. The molecule has 1 unspecified atom stereocenters. The molecule has 1 aromatic rings. The number of benzene rings is 1. The number of nitrogens with two attached hydrogens (primary N) is 1. The van der Waals surface area contributed by atoms with Gasteiger partial charge in [0.25, 0.3) is 5.91 Å². The van der Waals surface area contributed by atoms with Crippen LogP contribution in [0.5, 0.6) is 11.5 Å². The Bertz CT molecular complexity index is 407. The molecule has 0 radical (unpaired) electrons. The quantitative estimate of drug-likeness (QED) is 0.680. The first-order chi connectivity index (χ1) is 7.97. The summed E-state index contributed by atoms with van der Waals surface area (Å²) in [6.45, 7) is 2.37. The zero-order valence-corrected chi connectivity index (χ0v) is 10.1. The van der Waals surface area contributed by atoms with Crippen molar-refractivity contribution in [3.63, 3.8) is 0 Å². The first-order valence-electron chi connectivity index (χ1n) is 5.46. The van der Waals surface area contributed by atoms with E-state index in [1.807, 2.05) is 6.92 Å². The molecule has 0 aromatic heterocycles. The van der Waals surface area contributed by atoms with Gasteiger partial charge in [0, 0.05) is 13.1 Å². The Morgan fingerprint density at radius 1 is 1.47 bits per heavy atom. The molecule has 1 atom stereocenters. The van der Waals surface area contributed by atoms with E-state index in [0.29, 0.717) is 13.0 Å². The highest BCUT2D eigenvalue weighted by Gasteiger charge is 2.20. The third-order valence-corrected chi connectivity index (χ3v) is 2.78. The molecule has 0 bridgehead atoms. The third-order valence-electron chi connectivity index (χ3n) is 2.78. The Hall–Kier alpha value is -1.75. The number of phenols is 2. The van der Waals surface area contributed by atoms with Gasteiger partial charge < -0.3 is 20.8 Å². The molecule has 0 aliphatic heterocycles. The van der Waals surface area contributed by atoms with Crippen LogP contribution in [0.1, 0.15) is 23.7 Å². The Kier molecular flexibility index (Phi) is 4.34. The van der Waals surface area contributed by atoms with Gasteiger partial charge in [-0.2, -0.15) is 0 Å². The molecule has 0 saturated carbocycles. The highest BCUT2D eigenvalue weighted by atomic mass is 16.3. The summed E-state index contributed by atoms with van der Waals surface area (Å²) in [5.41, 5.74) is 5.53. The van der Waals surface area contributed by atoms with Crippen molar-refractivity contribution in [3.05, 3.63) is 23.8 Å². The maximum absolute atomic E-state index is 12.0. The fraction of sp³-hybridized carbons (Fsp3) is 0.417. The number of hydrogen-bond acceptors (Lipinski definition) is 4. The van der Waals surface area contributed by atoms with Crippen molar-refractivity contribution in [2.24, 2.45) is 5.73 Å². The van der Waals surface area contributed by atoms with Crippen molar-refractivity contribution in [3.8, 4) is 11.5 Å². The van der Waals surface area contributed by atoms with Gasteiger partial charge >= 0.3 is 0 Å². The monoisotopic (exact) mass is 238 g/mol. The topological polar surface area (TPSA) is 86.8 Å². The van der Waals surface area contributed by atoms with Crippen molar-refractivity contribution >= 4 is 5.91 Å². The lowest BCUT2D eigenvalue weighted by atomic mass is 10.1. The van der Waals surface area contributed by atoms with E-state index in [9.17, 15) is 15.0 Å².